The number of hydrogen-bond donors (Lipinski definition) is 1. The third kappa shape index (κ3) is 4.17. The molecular formula is C17H21N5O3S. The molecule has 1 aromatic carbocycles. The van der Waals surface area contributed by atoms with Gasteiger partial charge in [0, 0.05) is 18.9 Å². The molecule has 0 spiro atoms. The Morgan fingerprint density at radius 2 is 2.12 bits per heavy atom. The van der Waals surface area contributed by atoms with E-state index >= 15 is 0 Å². The zero-order chi connectivity index (χ0) is 18.6. The van der Waals surface area contributed by atoms with E-state index in [2.05, 4.69) is 19.8 Å². The lowest BCUT2D eigenvalue weighted by Gasteiger charge is -2.10. The number of sulfonamides is 1. The molecule has 0 radical (unpaired) electrons. The fourth-order valence-corrected chi connectivity index (χ4v) is 3.74. The molecule has 9 heteroatoms. The first-order chi connectivity index (χ1) is 12.5. The van der Waals surface area contributed by atoms with Crippen LogP contribution in [-0.4, -0.2) is 41.2 Å². The van der Waals surface area contributed by atoms with Crippen molar-refractivity contribution in [3.05, 3.63) is 48.0 Å². The number of nitrogens with zero attached hydrogens (tertiary/aromatic N) is 4. The molecule has 1 N–H and O–H groups in total. The molecule has 3 aromatic rings. The first kappa shape index (κ1) is 18.3. The van der Waals surface area contributed by atoms with Gasteiger partial charge in [-0.05, 0) is 56.0 Å². The average Bonchev–Trinajstić information content (AvgIpc) is 3.08. The zero-order valence-corrected chi connectivity index (χ0v) is 15.5. The number of aryl methyl sites for hydroxylation is 2. The summed E-state index contributed by atoms with van der Waals surface area (Å²) in [6, 6.07) is 4.87. The molecule has 0 aliphatic heterocycles. The molecule has 2 heterocycles. The van der Waals surface area contributed by atoms with E-state index in [1.54, 1.807) is 28.9 Å². The van der Waals surface area contributed by atoms with Crippen LogP contribution in [0.15, 0.2) is 41.8 Å². The summed E-state index contributed by atoms with van der Waals surface area (Å²) in [5, 5.41) is 4.04. The van der Waals surface area contributed by atoms with Crippen LogP contribution < -0.4 is 9.46 Å². The van der Waals surface area contributed by atoms with Gasteiger partial charge < -0.3 is 4.74 Å². The van der Waals surface area contributed by atoms with Gasteiger partial charge in [-0.1, -0.05) is 0 Å². The Morgan fingerprint density at radius 3 is 2.88 bits per heavy atom. The van der Waals surface area contributed by atoms with E-state index in [9.17, 15) is 8.42 Å². The lowest BCUT2D eigenvalue weighted by Crippen LogP contribution is -2.25. The van der Waals surface area contributed by atoms with Crippen LogP contribution in [0.5, 0.6) is 5.75 Å². The summed E-state index contributed by atoms with van der Waals surface area (Å²) in [4.78, 5) is 8.42. The Hall–Kier alpha value is -2.52. The van der Waals surface area contributed by atoms with Crippen LogP contribution in [0.4, 0.5) is 0 Å². The van der Waals surface area contributed by atoms with Gasteiger partial charge in [-0.15, -0.1) is 0 Å². The van der Waals surface area contributed by atoms with Crippen LogP contribution in [0.3, 0.4) is 0 Å². The van der Waals surface area contributed by atoms with E-state index in [1.165, 1.54) is 6.33 Å². The molecule has 0 amide bonds. The van der Waals surface area contributed by atoms with E-state index in [1.807, 2.05) is 20.0 Å². The number of fused-ring (bicyclic) bond motifs is 1. The van der Waals surface area contributed by atoms with Crippen molar-refractivity contribution in [2.45, 2.75) is 31.6 Å². The molecular weight excluding hydrogens is 354 g/mol. The summed E-state index contributed by atoms with van der Waals surface area (Å²) in [5.41, 5.74) is 1.76. The van der Waals surface area contributed by atoms with Crippen molar-refractivity contribution in [1.29, 1.82) is 0 Å². The molecule has 8 nitrogen and oxygen atoms in total. The molecule has 138 valence electrons. The van der Waals surface area contributed by atoms with E-state index in [4.69, 9.17) is 4.74 Å². The highest BCUT2D eigenvalue weighted by Crippen LogP contribution is 2.21. The fourth-order valence-electron chi connectivity index (χ4n) is 2.58. The van der Waals surface area contributed by atoms with E-state index in [-0.39, 0.29) is 4.90 Å². The van der Waals surface area contributed by atoms with Gasteiger partial charge in [0.2, 0.25) is 10.0 Å². The molecule has 0 atom stereocenters. The van der Waals surface area contributed by atoms with Gasteiger partial charge in [-0.3, -0.25) is 0 Å². The second-order valence-electron chi connectivity index (χ2n) is 5.83. The maximum atomic E-state index is 12.4. The van der Waals surface area contributed by atoms with Gasteiger partial charge in [-0.2, -0.15) is 10.1 Å². The number of rotatable bonds is 8. The van der Waals surface area contributed by atoms with Gasteiger partial charge in [0.25, 0.3) is 5.78 Å². The first-order valence-corrected chi connectivity index (χ1v) is 9.85. The lowest BCUT2D eigenvalue weighted by atomic mass is 10.2. The van der Waals surface area contributed by atoms with Crippen LogP contribution in [0.2, 0.25) is 0 Å². The summed E-state index contributed by atoms with van der Waals surface area (Å²) >= 11 is 0. The van der Waals surface area contributed by atoms with Gasteiger partial charge >= 0.3 is 0 Å². The summed E-state index contributed by atoms with van der Waals surface area (Å²) < 4.78 is 34.5. The standard InChI is InChI=1S/C17H21N5O3S/c1-3-25-16-7-6-15(9-13(16)2)26(23,24)21-8-4-5-14-10-18-17-19-12-20-22(17)11-14/h6-7,9-12,21H,3-5,8H2,1-2H3. The monoisotopic (exact) mass is 375 g/mol. The summed E-state index contributed by atoms with van der Waals surface area (Å²) in [6.07, 6.45) is 6.36. The van der Waals surface area contributed by atoms with E-state index < -0.39 is 10.0 Å². The largest absolute Gasteiger partial charge is 0.494 e. The molecule has 0 saturated carbocycles. The smallest absolute Gasteiger partial charge is 0.252 e. The summed E-state index contributed by atoms with van der Waals surface area (Å²) in [6.45, 7) is 4.60. The Morgan fingerprint density at radius 1 is 1.27 bits per heavy atom. The van der Waals surface area contributed by atoms with Crippen molar-refractivity contribution in [2.75, 3.05) is 13.2 Å². The Bertz CT molecular complexity index is 1000. The average molecular weight is 375 g/mol. The highest BCUT2D eigenvalue weighted by molar-refractivity contribution is 7.89. The van der Waals surface area contributed by atoms with E-state index in [0.29, 0.717) is 37.5 Å². The lowest BCUT2D eigenvalue weighted by molar-refractivity contribution is 0.337. The normalized spacial score (nSPS) is 11.8. The van der Waals surface area contributed by atoms with Crippen molar-refractivity contribution < 1.29 is 13.2 Å². The minimum atomic E-state index is -3.54. The predicted molar refractivity (Wildman–Crippen MR) is 96.6 cm³/mol. The quantitative estimate of drug-likeness (QED) is 0.602. The molecule has 2 aromatic heterocycles. The number of hydrogen-bond acceptors (Lipinski definition) is 6. The second-order valence-corrected chi connectivity index (χ2v) is 7.60. The van der Waals surface area contributed by atoms with Crippen LogP contribution >= 0.6 is 0 Å². The van der Waals surface area contributed by atoms with E-state index in [0.717, 1.165) is 11.1 Å². The Kier molecular flexibility index (Phi) is 5.48. The number of nitrogens with one attached hydrogen (secondary N) is 1. The van der Waals surface area contributed by atoms with Crippen molar-refractivity contribution >= 4 is 15.8 Å². The number of benzene rings is 1. The third-order valence-electron chi connectivity index (χ3n) is 3.88. The Labute approximate surface area is 152 Å². The van der Waals surface area contributed by atoms with Crippen LogP contribution in [0, 0.1) is 6.92 Å². The minimum Gasteiger partial charge on any atom is -0.494 e. The molecule has 3 rings (SSSR count). The molecule has 0 fully saturated rings. The van der Waals surface area contributed by atoms with Crippen molar-refractivity contribution in [3.63, 3.8) is 0 Å². The molecule has 0 saturated heterocycles. The highest BCUT2D eigenvalue weighted by atomic mass is 32.2. The molecule has 0 aliphatic rings. The third-order valence-corrected chi connectivity index (χ3v) is 5.34. The second kappa shape index (κ2) is 7.79. The first-order valence-electron chi connectivity index (χ1n) is 8.37. The molecule has 0 unspecified atom stereocenters. The van der Waals surface area contributed by atoms with Gasteiger partial charge in [0.15, 0.2) is 0 Å². The Balaban J connectivity index is 1.57. The maximum absolute atomic E-state index is 12.4. The van der Waals surface area contributed by atoms with Crippen LogP contribution in [0.25, 0.3) is 5.78 Å². The van der Waals surface area contributed by atoms with Gasteiger partial charge in [0.05, 0.1) is 11.5 Å². The van der Waals surface area contributed by atoms with Crippen LogP contribution in [-0.2, 0) is 16.4 Å². The molecule has 26 heavy (non-hydrogen) atoms. The van der Waals surface area contributed by atoms with Crippen molar-refractivity contribution in [2.24, 2.45) is 0 Å². The molecule has 0 aliphatic carbocycles. The highest BCUT2D eigenvalue weighted by Gasteiger charge is 2.15. The van der Waals surface area contributed by atoms with Crippen molar-refractivity contribution in [3.8, 4) is 5.75 Å². The predicted octanol–water partition coefficient (Wildman–Crippen LogP) is 1.74. The maximum Gasteiger partial charge on any atom is 0.252 e. The zero-order valence-electron chi connectivity index (χ0n) is 14.7. The van der Waals surface area contributed by atoms with Crippen LogP contribution in [0.1, 0.15) is 24.5 Å². The summed E-state index contributed by atoms with van der Waals surface area (Å²) in [7, 11) is -3.54. The molecule has 0 bridgehead atoms. The van der Waals surface area contributed by atoms with Gasteiger partial charge in [-0.25, -0.2) is 22.6 Å². The number of ether oxygens (including phenoxy) is 1. The summed E-state index contributed by atoms with van der Waals surface area (Å²) in [5.74, 6) is 1.24. The topological polar surface area (TPSA) is 98.5 Å². The fraction of sp³-hybridized carbons (Fsp3) is 0.353. The van der Waals surface area contributed by atoms with Crippen molar-refractivity contribution in [1.82, 2.24) is 24.3 Å². The SMILES string of the molecule is CCOc1ccc(S(=O)(=O)NCCCc2cnc3ncnn3c2)cc1C. The minimum absolute atomic E-state index is 0.240. The van der Waals surface area contributed by atoms with Gasteiger partial charge in [0.1, 0.15) is 12.1 Å². The number of aromatic nitrogens is 4.